The summed E-state index contributed by atoms with van der Waals surface area (Å²) in [5.74, 6) is 0.175. The van der Waals surface area contributed by atoms with Crippen LogP contribution in [0.25, 0.3) is 0 Å². The lowest BCUT2D eigenvalue weighted by molar-refractivity contribution is 0.0396. The van der Waals surface area contributed by atoms with Crippen molar-refractivity contribution in [2.24, 2.45) is 0 Å². The minimum Gasteiger partial charge on any atom is -0.770 e. The molecule has 0 bridgehead atoms. The number of hydrogen-bond acceptors (Lipinski definition) is 8. The first-order valence-electron chi connectivity index (χ1n) is 5.10. The number of hydrogen-bond donors (Lipinski definition) is 3. The van der Waals surface area contributed by atoms with E-state index in [1.54, 1.807) is 12.1 Å². The summed E-state index contributed by atoms with van der Waals surface area (Å²) in [5.41, 5.74) is 3.60. The first kappa shape index (κ1) is 16.8. The zero-order chi connectivity index (χ0) is 15.3. The summed E-state index contributed by atoms with van der Waals surface area (Å²) in [7, 11) is -5.04. The smallest absolute Gasteiger partial charge is 0.398 e. The van der Waals surface area contributed by atoms with Crippen molar-refractivity contribution >= 4 is 27.2 Å². The predicted molar refractivity (Wildman–Crippen MR) is 67.7 cm³/mol. The molecular weight excluding hydrogens is 314 g/mol. The van der Waals surface area contributed by atoms with E-state index in [4.69, 9.17) is 15.0 Å². The van der Waals surface area contributed by atoms with Gasteiger partial charge in [0.25, 0.3) is 0 Å². The van der Waals surface area contributed by atoms with Gasteiger partial charge in [-0.2, -0.15) is 8.42 Å². The molecule has 1 rings (SSSR count). The number of aliphatic hydroxyl groups excluding tert-OH is 1. The Hall–Kier alpha value is -1.24. The fourth-order valence-corrected chi connectivity index (χ4v) is 2.47. The summed E-state index contributed by atoms with van der Waals surface area (Å²) >= 11 is -3.12. The molecule has 20 heavy (non-hydrogen) atoms. The molecule has 0 aromatic heterocycles. The highest BCUT2D eigenvalue weighted by Crippen LogP contribution is 2.20. The lowest BCUT2D eigenvalue weighted by Crippen LogP contribution is -2.38. The van der Waals surface area contributed by atoms with Crippen molar-refractivity contribution < 1.29 is 35.8 Å². The fraction of sp³-hybridized carbons (Fsp3) is 0.333. The average molecular weight is 326 g/mol. The predicted octanol–water partition coefficient (Wildman–Crippen LogP) is -0.967. The lowest BCUT2D eigenvalue weighted by atomic mass is 10.3. The van der Waals surface area contributed by atoms with Crippen LogP contribution in [0.1, 0.15) is 0 Å². The van der Waals surface area contributed by atoms with E-state index in [9.17, 15) is 22.3 Å². The lowest BCUT2D eigenvalue weighted by Gasteiger charge is -2.23. The van der Waals surface area contributed by atoms with E-state index in [2.05, 4.69) is 4.18 Å². The number of anilines is 1. The van der Waals surface area contributed by atoms with E-state index in [0.717, 1.165) is 0 Å². The van der Waals surface area contributed by atoms with Gasteiger partial charge >= 0.3 is 10.4 Å². The Kier molecular flexibility index (Phi) is 5.86. The van der Waals surface area contributed by atoms with Crippen LogP contribution in [0.15, 0.2) is 24.3 Å². The maximum Gasteiger partial charge on any atom is 0.398 e. The molecule has 0 aliphatic heterocycles. The maximum absolute atomic E-state index is 10.8. The monoisotopic (exact) mass is 326 g/mol. The van der Waals surface area contributed by atoms with Crippen molar-refractivity contribution in [2.75, 3.05) is 12.3 Å². The largest absolute Gasteiger partial charge is 0.770 e. The minimum absolute atomic E-state index is 0.175. The van der Waals surface area contributed by atoms with Crippen LogP contribution in [0.4, 0.5) is 5.69 Å². The molecule has 0 aliphatic rings. The highest BCUT2D eigenvalue weighted by Gasteiger charge is 2.27. The second kappa shape index (κ2) is 6.97. The number of aliphatic hydroxyl groups is 1. The molecule has 0 heterocycles. The van der Waals surface area contributed by atoms with Gasteiger partial charge in [0.1, 0.15) is 18.5 Å². The topological polar surface area (TPSA) is 159 Å². The zero-order valence-electron chi connectivity index (χ0n) is 9.91. The van der Waals surface area contributed by atoms with Crippen LogP contribution in [-0.4, -0.2) is 45.0 Å². The number of nitrogens with two attached hydrogens (primary N) is 1. The molecule has 3 atom stereocenters. The zero-order valence-corrected chi connectivity index (χ0v) is 11.5. The third-order valence-electron chi connectivity index (χ3n) is 2.05. The molecule has 0 aliphatic carbocycles. The normalized spacial score (nSPS) is 16.4. The van der Waals surface area contributed by atoms with Crippen molar-refractivity contribution in [3.63, 3.8) is 0 Å². The number of benzene rings is 1. The van der Waals surface area contributed by atoms with E-state index in [-0.39, 0.29) is 11.4 Å². The van der Waals surface area contributed by atoms with Crippen LogP contribution in [0.2, 0.25) is 0 Å². The second-order valence-corrected chi connectivity index (χ2v) is 5.60. The van der Waals surface area contributed by atoms with Gasteiger partial charge in [-0.1, -0.05) is 12.1 Å². The standard InChI is InChI=1S/C9H13NO8S2/c10-6-3-1-2-4-8(6)17-5-7(11)9(19(12)13)18-20(14,15)16/h1-4,7,9,11H,5,10H2,(H,12,13)(H,14,15,16)/p-1. The van der Waals surface area contributed by atoms with Crippen LogP contribution in [0, 0.1) is 0 Å². The van der Waals surface area contributed by atoms with E-state index in [1.807, 2.05) is 0 Å². The molecule has 0 saturated carbocycles. The maximum atomic E-state index is 10.8. The SMILES string of the molecule is Nc1ccccc1OCC(O)C(OS(=O)(=O)O)S(=O)[O-]. The molecule has 0 saturated heterocycles. The van der Waals surface area contributed by atoms with Crippen LogP contribution in [-0.2, 0) is 25.7 Å². The molecule has 1 aromatic rings. The summed E-state index contributed by atoms with van der Waals surface area (Å²) in [6.07, 6.45) is -1.85. The second-order valence-electron chi connectivity index (χ2n) is 3.57. The number of rotatable bonds is 7. The number of ether oxygens (including phenoxy) is 1. The number of para-hydroxylation sites is 2. The highest BCUT2D eigenvalue weighted by molar-refractivity contribution is 7.83. The van der Waals surface area contributed by atoms with Gasteiger partial charge in [-0.3, -0.25) is 8.76 Å². The van der Waals surface area contributed by atoms with E-state index >= 15 is 0 Å². The first-order valence-corrected chi connectivity index (χ1v) is 7.60. The van der Waals surface area contributed by atoms with Crippen molar-refractivity contribution in [3.8, 4) is 5.75 Å². The highest BCUT2D eigenvalue weighted by atomic mass is 32.3. The van der Waals surface area contributed by atoms with Gasteiger partial charge in [0.2, 0.25) is 0 Å². The van der Waals surface area contributed by atoms with E-state index in [1.165, 1.54) is 12.1 Å². The summed E-state index contributed by atoms with van der Waals surface area (Å²) < 4.78 is 59.7. The Morgan fingerprint density at radius 3 is 2.50 bits per heavy atom. The Morgan fingerprint density at radius 2 is 2.00 bits per heavy atom. The summed E-state index contributed by atoms with van der Waals surface area (Å²) in [5, 5.41) is 9.54. The molecule has 11 heteroatoms. The average Bonchev–Trinajstić information content (AvgIpc) is 2.33. The van der Waals surface area contributed by atoms with Crippen molar-refractivity contribution in [1.82, 2.24) is 0 Å². The molecule has 114 valence electrons. The van der Waals surface area contributed by atoms with Crippen LogP contribution >= 0.6 is 0 Å². The van der Waals surface area contributed by atoms with Gasteiger partial charge < -0.3 is 20.1 Å². The Labute approximate surface area is 117 Å². The van der Waals surface area contributed by atoms with E-state index < -0.39 is 39.6 Å². The van der Waals surface area contributed by atoms with Gasteiger partial charge in [-0.25, -0.2) is 4.18 Å². The summed E-state index contributed by atoms with van der Waals surface area (Å²) in [4.78, 5) is 0. The molecule has 3 unspecified atom stereocenters. The van der Waals surface area contributed by atoms with Crippen molar-refractivity contribution in [1.29, 1.82) is 0 Å². The first-order chi connectivity index (χ1) is 9.20. The van der Waals surface area contributed by atoms with Gasteiger partial charge in [0.05, 0.1) is 5.69 Å². The molecule has 9 nitrogen and oxygen atoms in total. The molecule has 0 amide bonds. The Balaban J connectivity index is 2.70. The van der Waals surface area contributed by atoms with Crippen molar-refractivity contribution in [2.45, 2.75) is 11.5 Å². The molecular formula is C9H12NO8S2-. The van der Waals surface area contributed by atoms with Crippen molar-refractivity contribution in [3.05, 3.63) is 24.3 Å². The molecule has 1 aromatic carbocycles. The molecule has 0 spiro atoms. The van der Waals surface area contributed by atoms with Crippen LogP contribution in [0.3, 0.4) is 0 Å². The third-order valence-corrected chi connectivity index (χ3v) is 3.41. The number of nitrogen functional groups attached to an aromatic ring is 1. The van der Waals surface area contributed by atoms with Gasteiger partial charge in [-0.05, 0) is 23.2 Å². The Bertz CT molecular complexity index is 575. The van der Waals surface area contributed by atoms with E-state index in [0.29, 0.717) is 0 Å². The van der Waals surface area contributed by atoms with Crippen LogP contribution in [0.5, 0.6) is 5.75 Å². The molecule has 4 N–H and O–H groups in total. The molecule has 0 radical (unpaired) electrons. The third kappa shape index (κ3) is 5.40. The molecule has 0 fully saturated rings. The van der Waals surface area contributed by atoms with Gasteiger partial charge in [0, 0.05) is 0 Å². The summed E-state index contributed by atoms with van der Waals surface area (Å²) in [6.45, 7) is -0.609. The fourth-order valence-electron chi connectivity index (χ4n) is 1.21. The van der Waals surface area contributed by atoms with Gasteiger partial charge in [-0.15, -0.1) is 0 Å². The minimum atomic E-state index is -5.04. The van der Waals surface area contributed by atoms with Crippen LogP contribution < -0.4 is 10.5 Å². The quantitative estimate of drug-likeness (QED) is 0.325. The van der Waals surface area contributed by atoms with Gasteiger partial charge in [0.15, 0.2) is 5.44 Å². The summed E-state index contributed by atoms with van der Waals surface area (Å²) in [6, 6.07) is 6.21. The Morgan fingerprint density at radius 1 is 1.40 bits per heavy atom.